The number of amides is 5. The van der Waals surface area contributed by atoms with Gasteiger partial charge in [-0.05, 0) is 61.9 Å². The van der Waals surface area contributed by atoms with Gasteiger partial charge in [-0.3, -0.25) is 34.2 Å². The van der Waals surface area contributed by atoms with Crippen LogP contribution in [0.2, 0.25) is 5.02 Å². The predicted octanol–water partition coefficient (Wildman–Crippen LogP) is 5.88. The summed E-state index contributed by atoms with van der Waals surface area (Å²) in [6, 6.07) is 18.0. The number of anilines is 3. The fourth-order valence-electron chi connectivity index (χ4n) is 8.10. The zero-order valence-corrected chi connectivity index (χ0v) is 32.3. The van der Waals surface area contributed by atoms with Crippen molar-refractivity contribution in [2.45, 2.75) is 57.0 Å². The van der Waals surface area contributed by atoms with E-state index in [1.165, 1.54) is 0 Å². The Morgan fingerprint density at radius 2 is 1.81 bits per heavy atom. The van der Waals surface area contributed by atoms with Crippen LogP contribution >= 0.6 is 11.6 Å². The van der Waals surface area contributed by atoms with Gasteiger partial charge >= 0.3 is 0 Å². The van der Waals surface area contributed by atoms with Crippen LogP contribution in [0.4, 0.5) is 17.3 Å². The molecule has 3 aliphatic heterocycles. The van der Waals surface area contributed by atoms with Crippen molar-refractivity contribution < 1.29 is 28.7 Å². The fraction of sp³-hybridized carbons (Fsp3) is 0.310. The van der Waals surface area contributed by atoms with Gasteiger partial charge in [0.15, 0.2) is 0 Å². The molecule has 0 bridgehead atoms. The Balaban J connectivity index is 0.853. The molecule has 3 aliphatic rings. The number of halogens is 1. The number of benzene rings is 3. The minimum Gasteiger partial charge on any atom is -0.494 e. The molecule has 2 aromatic heterocycles. The second-order valence-corrected chi connectivity index (χ2v) is 14.9. The number of ether oxygens (including phenoxy) is 1. The number of carbonyl (C=O) groups is 5. The molecule has 3 aromatic carbocycles. The number of imide groups is 2. The third-order valence-corrected chi connectivity index (χ3v) is 11.5. The number of hydrogen-bond donors (Lipinski definition) is 3. The molecule has 5 heterocycles. The summed E-state index contributed by atoms with van der Waals surface area (Å²) in [5.41, 5.74) is 5.37. The number of hydrogen-bond acceptors (Lipinski definition) is 10. The number of H-pyrrole nitrogens is 1. The Labute approximate surface area is 333 Å². The Morgan fingerprint density at radius 1 is 1.00 bits per heavy atom. The van der Waals surface area contributed by atoms with Gasteiger partial charge in [-0.15, -0.1) is 0 Å². The molecule has 14 nitrogen and oxygen atoms in total. The molecular formula is C42H41ClN8O6. The van der Waals surface area contributed by atoms with Crippen LogP contribution in [0.25, 0.3) is 22.2 Å². The second kappa shape index (κ2) is 15.7. The summed E-state index contributed by atoms with van der Waals surface area (Å²) >= 11 is 6.55. The summed E-state index contributed by atoms with van der Waals surface area (Å²) < 4.78 is 5.78. The lowest BCUT2D eigenvalue weighted by atomic mass is 9.97. The van der Waals surface area contributed by atoms with Gasteiger partial charge in [-0.2, -0.15) is 0 Å². The highest BCUT2D eigenvalue weighted by atomic mass is 35.5. The maximum absolute atomic E-state index is 13.5. The largest absolute Gasteiger partial charge is 0.494 e. The molecular weight excluding hydrogens is 748 g/mol. The number of methoxy groups -OCH3 is 1. The van der Waals surface area contributed by atoms with E-state index >= 15 is 0 Å². The number of aromatic amines is 1. The SMILES string of the molecule is COc1cc(N2CCC(N(C)C(=O)CCCc3cccc4c3C(=O)N(C3CCC(=O)NC3=O)C4=O)CC2)ccc1Nc1ncc(Cl)c(-c2c[nH]c3ccccc23)n1. The number of aryl methyl sites for hydroxylation is 1. The highest BCUT2D eigenvalue weighted by molar-refractivity contribution is 6.33. The van der Waals surface area contributed by atoms with Crippen LogP contribution in [0.1, 0.15) is 64.8 Å². The maximum Gasteiger partial charge on any atom is 0.262 e. The van der Waals surface area contributed by atoms with Gasteiger partial charge < -0.3 is 24.8 Å². The van der Waals surface area contributed by atoms with Crippen molar-refractivity contribution >= 4 is 69.4 Å². The molecule has 2 fully saturated rings. The van der Waals surface area contributed by atoms with Crippen molar-refractivity contribution in [2.75, 3.05) is 37.5 Å². The molecule has 1 atom stereocenters. The first-order valence-electron chi connectivity index (χ1n) is 19.0. The van der Waals surface area contributed by atoms with Gasteiger partial charge in [0, 0.05) is 73.4 Å². The second-order valence-electron chi connectivity index (χ2n) is 14.5. The first-order chi connectivity index (χ1) is 27.6. The Morgan fingerprint density at radius 3 is 2.60 bits per heavy atom. The van der Waals surface area contributed by atoms with Crippen molar-refractivity contribution in [3.63, 3.8) is 0 Å². The van der Waals surface area contributed by atoms with E-state index in [0.717, 1.165) is 53.0 Å². The number of nitrogens with zero attached hydrogens (tertiary/aromatic N) is 5. The zero-order chi connectivity index (χ0) is 39.8. The third kappa shape index (κ3) is 7.28. The smallest absolute Gasteiger partial charge is 0.262 e. The molecule has 0 radical (unpaired) electrons. The van der Waals surface area contributed by atoms with Crippen molar-refractivity contribution in [1.82, 2.24) is 30.1 Å². The number of piperidine rings is 2. The number of rotatable bonds is 11. The van der Waals surface area contributed by atoms with Crippen molar-refractivity contribution in [2.24, 2.45) is 0 Å². The van der Waals surface area contributed by atoms with Crippen molar-refractivity contribution in [3.05, 3.63) is 94.8 Å². The highest BCUT2D eigenvalue weighted by Crippen LogP contribution is 2.36. The lowest BCUT2D eigenvalue weighted by Crippen LogP contribution is -2.54. The van der Waals surface area contributed by atoms with Gasteiger partial charge in [0.1, 0.15) is 11.8 Å². The monoisotopic (exact) mass is 788 g/mol. The highest BCUT2D eigenvalue weighted by Gasteiger charge is 2.45. The number of aromatic nitrogens is 3. The maximum atomic E-state index is 13.5. The van der Waals surface area contributed by atoms with Gasteiger partial charge in [0.25, 0.3) is 11.8 Å². The molecule has 5 amide bonds. The lowest BCUT2D eigenvalue weighted by molar-refractivity contribution is -0.136. The summed E-state index contributed by atoms with van der Waals surface area (Å²) in [6.07, 6.45) is 6.41. The van der Waals surface area contributed by atoms with Gasteiger partial charge in [-0.25, -0.2) is 9.97 Å². The van der Waals surface area contributed by atoms with Crippen LogP contribution in [0.15, 0.2) is 73.1 Å². The minimum atomic E-state index is -1.02. The van der Waals surface area contributed by atoms with Crippen LogP contribution < -0.4 is 20.3 Å². The van der Waals surface area contributed by atoms with Gasteiger partial charge in [-0.1, -0.05) is 41.9 Å². The van der Waals surface area contributed by atoms with E-state index in [1.807, 2.05) is 60.6 Å². The Hall–Kier alpha value is -6.28. The first kappa shape index (κ1) is 37.6. The summed E-state index contributed by atoms with van der Waals surface area (Å²) in [5.74, 6) is -1.11. The molecule has 0 aliphatic carbocycles. The Kier molecular flexibility index (Phi) is 10.4. The van der Waals surface area contributed by atoms with Crippen molar-refractivity contribution in [1.29, 1.82) is 0 Å². The summed E-state index contributed by atoms with van der Waals surface area (Å²) in [4.78, 5) is 81.6. The minimum absolute atomic E-state index is 0.0166. The molecule has 5 aromatic rings. The van der Waals surface area contributed by atoms with Crippen LogP contribution in [0.5, 0.6) is 5.75 Å². The fourth-order valence-corrected chi connectivity index (χ4v) is 8.29. The van der Waals surface area contributed by atoms with E-state index in [1.54, 1.807) is 31.5 Å². The average molecular weight is 789 g/mol. The van der Waals surface area contributed by atoms with E-state index in [4.69, 9.17) is 21.3 Å². The number of nitrogens with one attached hydrogen (secondary N) is 3. The molecule has 0 saturated carbocycles. The van der Waals surface area contributed by atoms with Crippen LogP contribution in [-0.2, 0) is 20.8 Å². The van der Waals surface area contributed by atoms with Crippen LogP contribution in [0.3, 0.4) is 0 Å². The molecule has 2 saturated heterocycles. The van der Waals surface area contributed by atoms with Gasteiger partial charge in [0.05, 0.1) is 40.8 Å². The van der Waals surface area contributed by atoms with Gasteiger partial charge in [0.2, 0.25) is 23.7 Å². The molecule has 3 N–H and O–H groups in total. The van der Waals surface area contributed by atoms with E-state index in [9.17, 15) is 24.0 Å². The number of fused-ring (bicyclic) bond motifs is 2. The molecule has 15 heteroatoms. The molecule has 0 spiro atoms. The van der Waals surface area contributed by atoms with E-state index in [-0.39, 0.29) is 42.3 Å². The topological polar surface area (TPSA) is 170 Å². The van der Waals surface area contributed by atoms with Crippen LogP contribution in [0, 0.1) is 0 Å². The summed E-state index contributed by atoms with van der Waals surface area (Å²) in [7, 11) is 3.46. The molecule has 8 rings (SSSR count). The predicted molar refractivity (Wildman–Crippen MR) is 215 cm³/mol. The zero-order valence-electron chi connectivity index (χ0n) is 31.5. The average Bonchev–Trinajstić information content (AvgIpc) is 3.76. The quantitative estimate of drug-likeness (QED) is 0.137. The third-order valence-electron chi connectivity index (χ3n) is 11.2. The number of para-hydroxylation sites is 1. The lowest BCUT2D eigenvalue weighted by Gasteiger charge is -2.38. The van der Waals surface area contributed by atoms with E-state index in [0.29, 0.717) is 46.5 Å². The van der Waals surface area contributed by atoms with E-state index in [2.05, 4.69) is 25.5 Å². The Bertz CT molecular complexity index is 2420. The number of carbonyl (C=O) groups excluding carboxylic acids is 5. The van der Waals surface area contributed by atoms with E-state index < -0.39 is 29.7 Å². The first-order valence-corrected chi connectivity index (χ1v) is 19.4. The summed E-state index contributed by atoms with van der Waals surface area (Å²) in [6.45, 7) is 1.50. The van der Waals surface area contributed by atoms with Crippen molar-refractivity contribution in [3.8, 4) is 17.0 Å². The molecule has 1 unspecified atom stereocenters. The molecule has 292 valence electrons. The van der Waals surface area contributed by atoms with Crippen LogP contribution in [-0.4, -0.2) is 93.6 Å². The standard InChI is InChI=1S/C42H41ClN8O6/c1-49(36(53)12-6-8-24-7-5-10-28-37(24)41(56)51(40(28)55)33-15-16-35(52)47-39(33)54)25-17-19-50(20-18-25)26-13-14-32(34(21-26)57-2)46-42-45-23-30(43)38(48-42)29-22-44-31-11-4-3-9-27(29)31/h3-5,7,9-11,13-14,21-23,25,33,44H,6,8,12,15-20H2,1-2H3,(H,45,46,48)(H,47,52,54). The normalized spacial score (nSPS) is 17.2. The molecule has 57 heavy (non-hydrogen) atoms. The summed E-state index contributed by atoms with van der Waals surface area (Å²) in [5, 5.41) is 6.97.